The van der Waals surface area contributed by atoms with Crippen LogP contribution in [0.1, 0.15) is 12.8 Å². The molecular weight excluding hydrogens is 298 g/mol. The van der Waals surface area contributed by atoms with Crippen molar-refractivity contribution in [3.63, 3.8) is 0 Å². The molecule has 19 heavy (non-hydrogen) atoms. The summed E-state index contributed by atoms with van der Waals surface area (Å²) >= 11 is 5.66. The van der Waals surface area contributed by atoms with Crippen LogP contribution in [0.25, 0.3) is 0 Å². The van der Waals surface area contributed by atoms with E-state index in [0.29, 0.717) is 19.0 Å². The van der Waals surface area contributed by atoms with Crippen LogP contribution in [0.15, 0.2) is 12.1 Å². The van der Waals surface area contributed by atoms with Gasteiger partial charge in [0.1, 0.15) is 11.5 Å². The van der Waals surface area contributed by atoms with E-state index in [2.05, 4.69) is 10.0 Å². The molecule has 1 fully saturated rings. The van der Waals surface area contributed by atoms with Gasteiger partial charge in [-0.15, -0.1) is 0 Å². The lowest BCUT2D eigenvalue weighted by Gasteiger charge is -2.23. The van der Waals surface area contributed by atoms with E-state index in [-0.39, 0.29) is 5.02 Å². The second-order valence-corrected chi connectivity index (χ2v) is 6.73. The molecule has 0 amide bonds. The molecule has 1 unspecified atom stereocenters. The fraction of sp³-hybridized carbons (Fsp3) is 0.455. The molecule has 1 saturated heterocycles. The van der Waals surface area contributed by atoms with Gasteiger partial charge in [0.25, 0.3) is 0 Å². The number of sulfonamides is 1. The lowest BCUT2D eigenvalue weighted by Crippen LogP contribution is -2.41. The summed E-state index contributed by atoms with van der Waals surface area (Å²) < 4.78 is 52.7. The fourth-order valence-electron chi connectivity index (χ4n) is 1.95. The Morgan fingerprint density at radius 2 is 2.11 bits per heavy atom. The molecule has 0 aromatic heterocycles. The van der Waals surface area contributed by atoms with Crippen LogP contribution in [0.5, 0.6) is 0 Å². The first kappa shape index (κ1) is 14.5. The summed E-state index contributed by atoms with van der Waals surface area (Å²) in [4.78, 5) is 0. The summed E-state index contributed by atoms with van der Waals surface area (Å²) in [5.41, 5.74) is -0.409. The molecule has 2 N–H and O–H groups in total. The van der Waals surface area contributed by atoms with Crippen molar-refractivity contribution in [2.45, 2.75) is 18.1 Å². The summed E-state index contributed by atoms with van der Waals surface area (Å²) in [6.45, 7) is 1.06. The molecule has 1 heterocycles. The van der Waals surface area contributed by atoms with Crippen molar-refractivity contribution in [1.29, 1.82) is 0 Å². The highest BCUT2D eigenvalue weighted by Gasteiger charge is 2.28. The average Bonchev–Trinajstić information content (AvgIpc) is 2.35. The molecule has 0 spiro atoms. The van der Waals surface area contributed by atoms with Gasteiger partial charge in [-0.25, -0.2) is 17.2 Å². The molecule has 1 aromatic rings. The molecule has 2 rings (SSSR count). The molecule has 0 aliphatic carbocycles. The van der Waals surface area contributed by atoms with E-state index in [9.17, 15) is 17.2 Å². The number of benzene rings is 1. The number of nitrogens with one attached hydrogen (secondary N) is 2. The van der Waals surface area contributed by atoms with E-state index >= 15 is 0 Å². The Hall–Kier alpha value is -0.920. The number of piperidine rings is 1. The minimum absolute atomic E-state index is 0.301. The number of rotatable bonds is 3. The average molecular weight is 311 g/mol. The monoisotopic (exact) mass is 310 g/mol. The molecule has 1 aliphatic rings. The Balaban J connectivity index is 2.25. The van der Waals surface area contributed by atoms with Crippen molar-refractivity contribution in [2.75, 3.05) is 17.8 Å². The van der Waals surface area contributed by atoms with E-state index in [0.717, 1.165) is 19.0 Å². The second kappa shape index (κ2) is 5.60. The van der Waals surface area contributed by atoms with Crippen LogP contribution in [0, 0.1) is 11.6 Å². The summed E-state index contributed by atoms with van der Waals surface area (Å²) in [6, 6.07) is 1.45. The Morgan fingerprint density at radius 1 is 1.37 bits per heavy atom. The fourth-order valence-corrected chi connectivity index (χ4v) is 3.72. The third kappa shape index (κ3) is 3.34. The standard InChI is InChI=1S/C11H13ClF2N2O2S/c12-9-4-7(13)5-10(14)11(9)16-19(17,18)8-2-1-3-15-6-8/h4-5,8,15-16H,1-3,6H2. The molecule has 8 heteroatoms. The van der Waals surface area contributed by atoms with E-state index in [1.165, 1.54) is 0 Å². The van der Waals surface area contributed by atoms with Crippen molar-refractivity contribution in [3.05, 3.63) is 28.8 Å². The maximum absolute atomic E-state index is 13.5. The van der Waals surface area contributed by atoms with E-state index < -0.39 is 32.6 Å². The van der Waals surface area contributed by atoms with Crippen LogP contribution in [0.2, 0.25) is 5.02 Å². The van der Waals surface area contributed by atoms with E-state index in [4.69, 9.17) is 11.6 Å². The quantitative estimate of drug-likeness (QED) is 0.899. The van der Waals surface area contributed by atoms with Crippen molar-refractivity contribution in [3.8, 4) is 0 Å². The van der Waals surface area contributed by atoms with Crippen LogP contribution in [0.3, 0.4) is 0 Å². The highest BCUT2D eigenvalue weighted by atomic mass is 35.5. The topological polar surface area (TPSA) is 58.2 Å². The zero-order valence-electron chi connectivity index (χ0n) is 9.92. The molecule has 106 valence electrons. The van der Waals surface area contributed by atoms with Crippen molar-refractivity contribution >= 4 is 27.3 Å². The third-order valence-corrected chi connectivity index (χ3v) is 5.01. The summed E-state index contributed by atoms with van der Waals surface area (Å²) in [6.07, 6.45) is 1.22. The SMILES string of the molecule is O=S(=O)(Nc1c(F)cc(F)cc1Cl)C1CCCNC1. The zero-order valence-corrected chi connectivity index (χ0v) is 11.5. The minimum atomic E-state index is -3.75. The van der Waals surface area contributed by atoms with Crippen LogP contribution in [-0.2, 0) is 10.0 Å². The smallest absolute Gasteiger partial charge is 0.237 e. The van der Waals surface area contributed by atoms with Gasteiger partial charge in [0.15, 0.2) is 5.82 Å². The maximum atomic E-state index is 13.5. The number of anilines is 1. The van der Waals surface area contributed by atoms with Gasteiger partial charge in [-0.1, -0.05) is 11.6 Å². The minimum Gasteiger partial charge on any atom is -0.315 e. The highest BCUT2D eigenvalue weighted by molar-refractivity contribution is 7.93. The third-order valence-electron chi connectivity index (χ3n) is 2.94. The van der Waals surface area contributed by atoms with Crippen LogP contribution < -0.4 is 10.0 Å². The highest BCUT2D eigenvalue weighted by Crippen LogP contribution is 2.28. The van der Waals surface area contributed by atoms with Crippen molar-refractivity contribution in [1.82, 2.24) is 5.32 Å². The first-order valence-electron chi connectivity index (χ1n) is 5.77. The predicted octanol–water partition coefficient (Wildman–Crippen LogP) is 2.11. The van der Waals surface area contributed by atoms with Crippen molar-refractivity contribution < 1.29 is 17.2 Å². The molecule has 1 atom stereocenters. The Morgan fingerprint density at radius 3 is 2.68 bits per heavy atom. The molecule has 1 aliphatic heterocycles. The van der Waals surface area contributed by atoms with Gasteiger partial charge in [0.05, 0.1) is 10.3 Å². The molecule has 1 aromatic carbocycles. The zero-order chi connectivity index (χ0) is 14.0. The Bertz CT molecular complexity index is 551. The van der Waals surface area contributed by atoms with Gasteiger partial charge in [-0.3, -0.25) is 4.72 Å². The van der Waals surface area contributed by atoms with Gasteiger partial charge in [-0.05, 0) is 25.5 Å². The second-order valence-electron chi connectivity index (χ2n) is 4.36. The lowest BCUT2D eigenvalue weighted by atomic mass is 10.2. The van der Waals surface area contributed by atoms with Crippen LogP contribution >= 0.6 is 11.6 Å². The van der Waals surface area contributed by atoms with Gasteiger partial charge in [0.2, 0.25) is 10.0 Å². The van der Waals surface area contributed by atoms with Crippen LogP contribution in [0.4, 0.5) is 14.5 Å². The van der Waals surface area contributed by atoms with E-state index in [1.54, 1.807) is 0 Å². The van der Waals surface area contributed by atoms with Crippen molar-refractivity contribution in [2.24, 2.45) is 0 Å². The summed E-state index contributed by atoms with van der Waals surface area (Å²) in [5.74, 6) is -1.89. The number of hydrogen-bond donors (Lipinski definition) is 2. The Kier molecular flexibility index (Phi) is 4.27. The molecule has 4 nitrogen and oxygen atoms in total. The van der Waals surface area contributed by atoms with E-state index in [1.807, 2.05) is 0 Å². The summed E-state index contributed by atoms with van der Waals surface area (Å²) in [7, 11) is -3.75. The normalized spacial score (nSPS) is 20.3. The summed E-state index contributed by atoms with van der Waals surface area (Å²) in [5, 5.41) is 2.01. The number of halogens is 3. The molecular formula is C11H13ClF2N2O2S. The van der Waals surface area contributed by atoms with Gasteiger partial charge >= 0.3 is 0 Å². The largest absolute Gasteiger partial charge is 0.315 e. The molecule has 0 radical (unpaired) electrons. The van der Waals surface area contributed by atoms with Gasteiger partial charge in [-0.2, -0.15) is 0 Å². The lowest BCUT2D eigenvalue weighted by molar-refractivity contribution is 0.499. The Labute approximate surface area is 115 Å². The molecule has 0 saturated carbocycles. The predicted molar refractivity (Wildman–Crippen MR) is 69.8 cm³/mol. The van der Waals surface area contributed by atoms with Crippen LogP contribution in [-0.4, -0.2) is 26.8 Å². The van der Waals surface area contributed by atoms with Gasteiger partial charge in [0, 0.05) is 12.6 Å². The van der Waals surface area contributed by atoms with Gasteiger partial charge < -0.3 is 5.32 Å². The first-order chi connectivity index (χ1) is 8.90. The molecule has 0 bridgehead atoms. The first-order valence-corrected chi connectivity index (χ1v) is 7.69. The number of hydrogen-bond acceptors (Lipinski definition) is 3. The maximum Gasteiger partial charge on any atom is 0.237 e.